The van der Waals surface area contributed by atoms with E-state index in [4.69, 9.17) is 0 Å². The van der Waals surface area contributed by atoms with E-state index in [0.29, 0.717) is 22.8 Å². The first-order chi connectivity index (χ1) is 13.1. The molecule has 1 atom stereocenters. The number of nitrogens with one attached hydrogen (secondary N) is 1. The zero-order valence-electron chi connectivity index (χ0n) is 15.3. The van der Waals surface area contributed by atoms with Gasteiger partial charge in [-0.1, -0.05) is 30.8 Å². The molecular formula is C19H20N5O2S+. The number of amides is 1. The van der Waals surface area contributed by atoms with Crippen LogP contribution in [0, 0.1) is 0 Å². The van der Waals surface area contributed by atoms with Gasteiger partial charge in [0.05, 0.1) is 11.3 Å². The van der Waals surface area contributed by atoms with Crippen LogP contribution in [0.15, 0.2) is 52.5 Å². The first-order valence-electron chi connectivity index (χ1n) is 8.69. The molecule has 0 aliphatic carbocycles. The van der Waals surface area contributed by atoms with Gasteiger partial charge in [-0.25, -0.2) is 4.90 Å². The van der Waals surface area contributed by atoms with Gasteiger partial charge in [-0.2, -0.15) is 0 Å². The van der Waals surface area contributed by atoms with Crippen LogP contribution in [0.2, 0.25) is 0 Å². The maximum absolute atomic E-state index is 13.0. The van der Waals surface area contributed by atoms with Crippen molar-refractivity contribution in [3.8, 4) is 11.3 Å². The first kappa shape index (κ1) is 17.5. The zero-order valence-corrected chi connectivity index (χ0v) is 16.2. The van der Waals surface area contributed by atoms with Crippen molar-refractivity contribution in [3.63, 3.8) is 0 Å². The molecule has 1 amide bonds. The number of carbonyl (C=O) groups excluding carboxylic acids is 1. The Balaban J connectivity index is 2.11. The SMILES string of the molecule is CCC(=O)N1c2ccccc2-c2c(=O)[nH]c(SC)n[n+]2C1c1cccn1C. The van der Waals surface area contributed by atoms with Crippen molar-refractivity contribution in [2.75, 3.05) is 11.2 Å². The van der Waals surface area contributed by atoms with Crippen LogP contribution >= 0.6 is 11.8 Å². The van der Waals surface area contributed by atoms with Gasteiger partial charge in [0.1, 0.15) is 5.69 Å². The molecule has 7 nitrogen and oxygen atoms in total. The number of benzene rings is 1. The van der Waals surface area contributed by atoms with Crippen LogP contribution in [-0.4, -0.2) is 26.8 Å². The van der Waals surface area contributed by atoms with Crippen molar-refractivity contribution < 1.29 is 9.48 Å². The van der Waals surface area contributed by atoms with E-state index >= 15 is 0 Å². The molecule has 2 aromatic heterocycles. The molecule has 0 saturated carbocycles. The summed E-state index contributed by atoms with van der Waals surface area (Å²) in [5, 5.41) is 5.16. The van der Waals surface area contributed by atoms with Gasteiger partial charge in [0, 0.05) is 24.8 Å². The Hall–Kier alpha value is -2.87. The number of aryl methyl sites for hydroxylation is 1. The number of para-hydroxylation sites is 1. The van der Waals surface area contributed by atoms with Gasteiger partial charge >= 0.3 is 17.4 Å². The van der Waals surface area contributed by atoms with Crippen molar-refractivity contribution in [1.29, 1.82) is 0 Å². The number of H-pyrrole nitrogens is 1. The van der Waals surface area contributed by atoms with Crippen LogP contribution in [0.5, 0.6) is 0 Å². The Morgan fingerprint density at radius 3 is 2.74 bits per heavy atom. The average molecular weight is 382 g/mol. The molecule has 8 heteroatoms. The number of aromatic amines is 1. The molecule has 0 bridgehead atoms. The van der Waals surface area contributed by atoms with Gasteiger partial charge < -0.3 is 4.57 Å². The van der Waals surface area contributed by atoms with E-state index in [2.05, 4.69) is 10.1 Å². The maximum Gasteiger partial charge on any atom is 0.325 e. The number of hydrogen-bond donors (Lipinski definition) is 1. The van der Waals surface area contributed by atoms with E-state index in [0.717, 1.165) is 11.4 Å². The third-order valence-electron chi connectivity index (χ3n) is 4.77. The normalized spacial score (nSPS) is 15.4. The zero-order chi connectivity index (χ0) is 19.1. The molecule has 1 aromatic carbocycles. The second-order valence-electron chi connectivity index (χ2n) is 6.31. The Labute approximate surface area is 160 Å². The summed E-state index contributed by atoms with van der Waals surface area (Å²) < 4.78 is 3.63. The van der Waals surface area contributed by atoms with E-state index < -0.39 is 6.17 Å². The molecule has 1 N–H and O–H groups in total. The van der Waals surface area contributed by atoms with Gasteiger partial charge in [0.2, 0.25) is 11.1 Å². The average Bonchev–Trinajstić information content (AvgIpc) is 3.11. The van der Waals surface area contributed by atoms with E-state index in [-0.39, 0.29) is 11.5 Å². The highest BCUT2D eigenvalue weighted by molar-refractivity contribution is 7.98. The predicted octanol–water partition coefficient (Wildman–Crippen LogP) is 2.09. The number of carbonyl (C=O) groups is 1. The smallest absolute Gasteiger partial charge is 0.325 e. The summed E-state index contributed by atoms with van der Waals surface area (Å²) in [4.78, 5) is 30.5. The summed E-state index contributed by atoms with van der Waals surface area (Å²) in [7, 11) is 1.92. The van der Waals surface area contributed by atoms with Crippen LogP contribution in [0.3, 0.4) is 0 Å². The van der Waals surface area contributed by atoms with Crippen molar-refractivity contribution in [2.45, 2.75) is 24.7 Å². The molecule has 1 unspecified atom stereocenters. The molecular weight excluding hydrogens is 362 g/mol. The fourth-order valence-corrected chi connectivity index (χ4v) is 3.88. The lowest BCUT2D eigenvalue weighted by atomic mass is 10.0. The summed E-state index contributed by atoms with van der Waals surface area (Å²) >= 11 is 1.36. The predicted molar refractivity (Wildman–Crippen MR) is 104 cm³/mol. The highest BCUT2D eigenvalue weighted by Crippen LogP contribution is 2.37. The minimum absolute atomic E-state index is 0.0282. The molecule has 4 rings (SSSR count). The van der Waals surface area contributed by atoms with E-state index in [1.54, 1.807) is 9.58 Å². The molecule has 138 valence electrons. The van der Waals surface area contributed by atoms with Gasteiger partial charge in [-0.05, 0) is 35.2 Å². The Morgan fingerprint density at radius 1 is 1.30 bits per heavy atom. The summed E-state index contributed by atoms with van der Waals surface area (Å²) in [6.45, 7) is 1.84. The number of anilines is 1. The highest BCUT2D eigenvalue weighted by Gasteiger charge is 2.46. The monoisotopic (exact) mass is 382 g/mol. The fourth-order valence-electron chi connectivity index (χ4n) is 3.51. The Kier molecular flexibility index (Phi) is 4.35. The highest BCUT2D eigenvalue weighted by atomic mass is 32.2. The van der Waals surface area contributed by atoms with Gasteiger partial charge in [-0.15, -0.1) is 0 Å². The van der Waals surface area contributed by atoms with Crippen LogP contribution in [0.4, 0.5) is 5.69 Å². The van der Waals surface area contributed by atoms with Crippen LogP contribution in [-0.2, 0) is 11.8 Å². The van der Waals surface area contributed by atoms with E-state index in [1.807, 2.05) is 67.4 Å². The van der Waals surface area contributed by atoms with Gasteiger partial charge in [0.15, 0.2) is 0 Å². The molecule has 0 saturated heterocycles. The molecule has 0 radical (unpaired) electrons. The number of fused-ring (bicyclic) bond motifs is 3. The van der Waals surface area contributed by atoms with E-state index in [9.17, 15) is 9.59 Å². The molecule has 1 aliphatic rings. The van der Waals surface area contributed by atoms with Crippen molar-refractivity contribution in [1.82, 2.24) is 14.6 Å². The van der Waals surface area contributed by atoms with Crippen LogP contribution in [0.25, 0.3) is 11.3 Å². The molecule has 3 heterocycles. The topological polar surface area (TPSA) is 74.9 Å². The number of aromatic nitrogens is 4. The van der Waals surface area contributed by atoms with Crippen molar-refractivity contribution >= 4 is 23.4 Å². The van der Waals surface area contributed by atoms with Gasteiger partial charge in [0.25, 0.3) is 0 Å². The standard InChI is InChI=1S/C19H19N5O2S/c1-4-15(25)23-13-9-6-5-8-12(13)16-17(26)20-19(27-3)21-24(16)18(23)14-10-7-11-22(14)2/h5-11,18H,4H2,1-3H3/p+1. The lowest BCUT2D eigenvalue weighted by Gasteiger charge is -2.31. The van der Waals surface area contributed by atoms with Gasteiger partial charge in [-0.3, -0.25) is 14.6 Å². The summed E-state index contributed by atoms with van der Waals surface area (Å²) in [6, 6.07) is 11.4. The minimum Gasteiger partial charge on any atom is -0.347 e. The third kappa shape index (κ3) is 2.68. The van der Waals surface area contributed by atoms with Crippen molar-refractivity contribution in [3.05, 3.63) is 58.6 Å². The number of thioether (sulfide) groups is 1. The minimum atomic E-state index is -0.532. The third-order valence-corrected chi connectivity index (χ3v) is 5.34. The Morgan fingerprint density at radius 2 is 2.07 bits per heavy atom. The molecule has 27 heavy (non-hydrogen) atoms. The van der Waals surface area contributed by atoms with Crippen LogP contribution in [0.1, 0.15) is 25.2 Å². The number of nitrogens with zero attached hydrogens (tertiary/aromatic N) is 4. The Bertz CT molecular complexity index is 1090. The lowest BCUT2D eigenvalue weighted by molar-refractivity contribution is -0.763. The number of hydrogen-bond acceptors (Lipinski definition) is 4. The second-order valence-corrected chi connectivity index (χ2v) is 7.10. The summed E-state index contributed by atoms with van der Waals surface area (Å²) in [6.07, 6.45) is 3.60. The summed E-state index contributed by atoms with van der Waals surface area (Å²) in [5.74, 6) is -0.0282. The maximum atomic E-state index is 13.0. The van der Waals surface area contributed by atoms with Crippen LogP contribution < -0.4 is 15.1 Å². The summed E-state index contributed by atoms with van der Waals surface area (Å²) in [5.41, 5.74) is 2.54. The largest absolute Gasteiger partial charge is 0.347 e. The number of rotatable bonds is 3. The van der Waals surface area contributed by atoms with Crippen molar-refractivity contribution in [2.24, 2.45) is 7.05 Å². The quantitative estimate of drug-likeness (QED) is 0.556. The molecule has 0 fully saturated rings. The second kappa shape index (κ2) is 6.70. The molecule has 0 spiro atoms. The lowest BCUT2D eigenvalue weighted by Crippen LogP contribution is -2.61. The first-order valence-corrected chi connectivity index (χ1v) is 9.92. The molecule has 3 aromatic rings. The fraction of sp³-hybridized carbons (Fsp3) is 0.263. The van der Waals surface area contributed by atoms with E-state index in [1.165, 1.54) is 11.8 Å². The molecule has 1 aliphatic heterocycles.